The normalized spacial score (nSPS) is 12.0. The Hall–Kier alpha value is -5.71. The van der Waals surface area contributed by atoms with Crippen molar-refractivity contribution in [1.82, 2.24) is 15.0 Å². The quantitative estimate of drug-likeness (QED) is 0.0634. The Morgan fingerprint density at radius 2 is 0.887 bits per heavy atom. The van der Waals surface area contributed by atoms with E-state index in [1.807, 2.05) is 18.2 Å². The molecule has 0 unspecified atom stereocenters. The van der Waals surface area contributed by atoms with Crippen molar-refractivity contribution in [3.8, 4) is 5.75 Å². The van der Waals surface area contributed by atoms with Gasteiger partial charge in [0, 0.05) is 34.0 Å². The molecule has 0 atom stereocenters. The topological polar surface area (TPSA) is 51.1 Å². The molecule has 9 rings (SSSR count). The van der Waals surface area contributed by atoms with Crippen molar-refractivity contribution in [3.63, 3.8) is 0 Å². The number of alkyl halides is 1. The maximum Gasteiger partial charge on any atom is 0.128 e. The van der Waals surface area contributed by atoms with E-state index in [2.05, 4.69) is 179 Å². The van der Waals surface area contributed by atoms with Gasteiger partial charge in [0.15, 0.2) is 0 Å². The Morgan fingerprint density at radius 3 is 1.37 bits per heavy atom. The van der Waals surface area contributed by atoms with Crippen LogP contribution in [0.4, 0.5) is 17.1 Å². The first-order valence-corrected chi connectivity index (χ1v) is 24.7. The molecular weight excluding hydrogens is 885 g/mol. The van der Waals surface area contributed by atoms with Gasteiger partial charge in [0.05, 0.1) is 37.3 Å². The molecule has 0 saturated heterocycles. The van der Waals surface area contributed by atoms with E-state index in [1.165, 1.54) is 39.8 Å². The van der Waals surface area contributed by atoms with Crippen LogP contribution in [0.15, 0.2) is 140 Å². The highest BCUT2D eigenvalue weighted by Crippen LogP contribution is 2.39. The minimum atomic E-state index is 0.662. The van der Waals surface area contributed by atoms with Gasteiger partial charge in [-0.2, -0.15) is 0 Å². The van der Waals surface area contributed by atoms with Gasteiger partial charge in [0.2, 0.25) is 0 Å². The molecule has 3 aromatic heterocycles. The van der Waals surface area contributed by atoms with Crippen molar-refractivity contribution in [2.45, 2.75) is 38.5 Å². The molecule has 0 aliphatic heterocycles. The summed E-state index contributed by atoms with van der Waals surface area (Å²) in [5, 5.41) is 4.04. The van der Waals surface area contributed by atoms with Crippen LogP contribution in [-0.4, -0.2) is 26.9 Å². The van der Waals surface area contributed by atoms with E-state index in [9.17, 15) is 0 Å². The second-order valence-corrected chi connectivity index (χ2v) is 18.9. The lowest BCUT2D eigenvalue weighted by molar-refractivity contribution is 0.304. The molecular formula is C53H45BrN4OS3. The second kappa shape index (κ2) is 20.4. The summed E-state index contributed by atoms with van der Waals surface area (Å²) in [6.07, 6.45) is 19.9. The number of para-hydroxylation sites is 3. The minimum absolute atomic E-state index is 0.662. The maximum atomic E-state index is 6.67. The van der Waals surface area contributed by atoms with E-state index in [-0.39, 0.29) is 0 Å². The molecule has 6 aromatic carbocycles. The van der Waals surface area contributed by atoms with Crippen LogP contribution in [0.25, 0.3) is 67.1 Å². The van der Waals surface area contributed by atoms with E-state index in [0.717, 1.165) is 89.2 Å². The number of ether oxygens (including phenoxy) is 1. The number of rotatable bonds is 18. The van der Waals surface area contributed by atoms with Crippen LogP contribution in [0.1, 0.15) is 70.2 Å². The van der Waals surface area contributed by atoms with E-state index < -0.39 is 0 Å². The van der Waals surface area contributed by atoms with E-state index in [4.69, 9.17) is 19.7 Å². The predicted octanol–water partition coefficient (Wildman–Crippen LogP) is 16.6. The largest absolute Gasteiger partial charge is 0.493 e. The van der Waals surface area contributed by atoms with Crippen molar-refractivity contribution >= 4 is 134 Å². The summed E-state index contributed by atoms with van der Waals surface area (Å²) in [5.41, 5.74) is 9.43. The van der Waals surface area contributed by atoms with Gasteiger partial charge < -0.3 is 9.64 Å². The number of unbranched alkanes of at least 4 members (excludes halogenated alkanes) is 5. The van der Waals surface area contributed by atoms with Gasteiger partial charge >= 0.3 is 0 Å². The van der Waals surface area contributed by atoms with Gasteiger partial charge in [0.1, 0.15) is 20.8 Å². The highest BCUT2D eigenvalue weighted by molar-refractivity contribution is 9.09. The van der Waals surface area contributed by atoms with Crippen molar-refractivity contribution in [1.29, 1.82) is 0 Å². The van der Waals surface area contributed by atoms with Gasteiger partial charge in [0.25, 0.3) is 0 Å². The lowest BCUT2D eigenvalue weighted by atomic mass is 10.1. The van der Waals surface area contributed by atoms with E-state index in [1.54, 1.807) is 34.0 Å². The monoisotopic (exact) mass is 928 g/mol. The minimum Gasteiger partial charge on any atom is -0.493 e. The Balaban J connectivity index is 1.02. The zero-order chi connectivity index (χ0) is 41.9. The molecule has 62 heavy (non-hydrogen) atoms. The highest BCUT2D eigenvalue weighted by Gasteiger charge is 2.16. The van der Waals surface area contributed by atoms with Crippen LogP contribution in [0.5, 0.6) is 5.75 Å². The van der Waals surface area contributed by atoms with Crippen molar-refractivity contribution in [2.75, 3.05) is 16.8 Å². The first kappa shape index (κ1) is 41.6. The Morgan fingerprint density at radius 1 is 0.452 bits per heavy atom. The van der Waals surface area contributed by atoms with Crippen LogP contribution >= 0.6 is 49.9 Å². The zero-order valence-corrected chi connectivity index (χ0v) is 38.2. The number of halogens is 1. The molecule has 3 heterocycles. The summed E-state index contributed by atoms with van der Waals surface area (Å²) in [4.78, 5) is 16.8. The SMILES string of the molecule is BrCCCCCCCCOc1cc(N(c2ccc(/C=C/c3nc4ccccc4s3)cc2)c2ccc(/C=C/c3nc4ccccc4s3)cc2)ccc1/C=C/c1nc2ccccc2s1. The number of anilines is 3. The predicted molar refractivity (Wildman–Crippen MR) is 274 cm³/mol. The molecule has 0 aliphatic rings. The van der Waals surface area contributed by atoms with E-state index >= 15 is 0 Å². The smallest absolute Gasteiger partial charge is 0.128 e. The Kier molecular flexibility index (Phi) is 13.7. The molecule has 0 amide bonds. The second-order valence-electron chi connectivity index (χ2n) is 15.0. The average molecular weight is 930 g/mol. The third kappa shape index (κ3) is 10.5. The number of thiazole rings is 3. The van der Waals surface area contributed by atoms with Gasteiger partial charge in [-0.1, -0.05) is 114 Å². The fourth-order valence-electron chi connectivity index (χ4n) is 7.31. The van der Waals surface area contributed by atoms with E-state index in [0.29, 0.717) is 6.61 Å². The van der Waals surface area contributed by atoms with Crippen molar-refractivity contribution in [3.05, 3.63) is 171 Å². The molecule has 0 saturated carbocycles. The third-order valence-corrected chi connectivity index (χ3v) is 14.1. The summed E-state index contributed by atoms with van der Waals surface area (Å²) < 4.78 is 10.2. The van der Waals surface area contributed by atoms with Crippen LogP contribution < -0.4 is 9.64 Å². The number of hydrogen-bond donors (Lipinski definition) is 0. The molecule has 9 aromatic rings. The van der Waals surface area contributed by atoms with Crippen LogP contribution in [0.2, 0.25) is 0 Å². The van der Waals surface area contributed by atoms with Gasteiger partial charge in [-0.15, -0.1) is 34.0 Å². The van der Waals surface area contributed by atoms with Crippen LogP contribution in [0.3, 0.4) is 0 Å². The summed E-state index contributed by atoms with van der Waals surface area (Å²) in [6, 6.07) is 48.9. The lowest BCUT2D eigenvalue weighted by Crippen LogP contribution is -2.10. The summed E-state index contributed by atoms with van der Waals surface area (Å²) in [7, 11) is 0. The lowest BCUT2D eigenvalue weighted by Gasteiger charge is -2.26. The number of hydrogen-bond acceptors (Lipinski definition) is 8. The highest BCUT2D eigenvalue weighted by atomic mass is 79.9. The summed E-state index contributed by atoms with van der Waals surface area (Å²) in [5.74, 6) is 0.856. The van der Waals surface area contributed by atoms with Gasteiger partial charge in [-0.3, -0.25) is 0 Å². The molecule has 0 aliphatic carbocycles. The average Bonchev–Trinajstić information content (AvgIpc) is 4.05. The molecule has 9 heteroatoms. The van der Waals surface area contributed by atoms with Crippen molar-refractivity contribution < 1.29 is 4.74 Å². The molecule has 0 radical (unpaired) electrons. The number of aromatic nitrogens is 3. The standard InChI is InChI=1S/C53H45BrN4OS3/c54-35-11-3-1-2-4-12-36-59-47-37-43(31-25-40(47)26-34-53-57-46-15-7-10-18-50(46)62-53)58(41-27-19-38(20-28-41)23-32-51-55-44-13-5-8-16-48(44)60-51)42-29-21-39(22-30-42)24-33-52-56-45-14-6-9-17-49(45)61-52/h5-10,13-34,37H,1-4,11-12,35-36H2/b32-23+,33-24+,34-26+. The molecule has 308 valence electrons. The first-order valence-electron chi connectivity index (χ1n) is 21.1. The fourth-order valence-corrected chi connectivity index (χ4v) is 10.3. The molecule has 0 N–H and O–H groups in total. The van der Waals surface area contributed by atoms with Gasteiger partial charge in [-0.05, 0) is 121 Å². The Bertz CT molecular complexity index is 2750. The number of benzene rings is 6. The summed E-state index contributed by atoms with van der Waals surface area (Å²) >= 11 is 8.67. The van der Waals surface area contributed by atoms with Crippen LogP contribution in [0, 0.1) is 0 Å². The van der Waals surface area contributed by atoms with Crippen LogP contribution in [-0.2, 0) is 0 Å². The number of nitrogens with zero attached hydrogens (tertiary/aromatic N) is 4. The molecule has 0 spiro atoms. The third-order valence-electron chi connectivity index (χ3n) is 10.5. The zero-order valence-electron chi connectivity index (χ0n) is 34.2. The first-order chi connectivity index (χ1) is 30.6. The Labute approximate surface area is 383 Å². The maximum absolute atomic E-state index is 6.67. The van der Waals surface area contributed by atoms with Crippen molar-refractivity contribution in [2.24, 2.45) is 0 Å². The fraction of sp³-hybridized carbons (Fsp3) is 0.151. The molecule has 0 fully saturated rings. The number of fused-ring (bicyclic) bond motifs is 3. The molecule has 0 bridgehead atoms. The van der Waals surface area contributed by atoms with Gasteiger partial charge in [-0.25, -0.2) is 15.0 Å². The summed E-state index contributed by atoms with van der Waals surface area (Å²) in [6.45, 7) is 0.662. The molecule has 5 nitrogen and oxygen atoms in total.